The third-order valence-corrected chi connectivity index (χ3v) is 3.46. The lowest BCUT2D eigenvalue weighted by atomic mass is 10.1. The molecular formula is C17H18ClNO2. The zero-order valence-corrected chi connectivity index (χ0v) is 12.9. The van der Waals surface area contributed by atoms with Crippen LogP contribution >= 0.6 is 11.6 Å². The first-order chi connectivity index (χ1) is 10.1. The molecule has 1 amide bonds. The van der Waals surface area contributed by atoms with Crippen LogP contribution in [0.2, 0.25) is 0 Å². The average Bonchev–Trinajstić information content (AvgIpc) is 2.52. The predicted molar refractivity (Wildman–Crippen MR) is 86.1 cm³/mol. The Kier molecular flexibility index (Phi) is 5.23. The van der Waals surface area contributed by atoms with Crippen molar-refractivity contribution in [2.45, 2.75) is 13.5 Å². The molecule has 0 aliphatic rings. The molecule has 0 radical (unpaired) electrons. The summed E-state index contributed by atoms with van der Waals surface area (Å²) in [7, 11) is 1.63. The number of amides is 1. The van der Waals surface area contributed by atoms with Crippen LogP contribution in [0.5, 0.6) is 5.75 Å². The maximum Gasteiger partial charge on any atom is 0.242 e. The molecule has 21 heavy (non-hydrogen) atoms. The first kappa shape index (κ1) is 15.4. The number of carbonyl (C=O) groups excluding carboxylic acids is 1. The SMILES string of the molecule is COc1ccc(CN(C(=O)CCl)c2cccc(C)c2)cc1. The molecule has 110 valence electrons. The number of rotatable bonds is 5. The molecule has 2 aromatic rings. The van der Waals surface area contributed by atoms with E-state index >= 15 is 0 Å². The Morgan fingerprint density at radius 3 is 2.48 bits per heavy atom. The fourth-order valence-corrected chi connectivity index (χ4v) is 2.25. The van der Waals surface area contributed by atoms with E-state index in [0.717, 1.165) is 22.6 Å². The largest absolute Gasteiger partial charge is 0.497 e. The number of nitrogens with zero attached hydrogens (tertiary/aromatic N) is 1. The van der Waals surface area contributed by atoms with Crippen molar-refractivity contribution in [3.63, 3.8) is 0 Å². The zero-order valence-electron chi connectivity index (χ0n) is 12.2. The Balaban J connectivity index is 2.26. The number of carbonyl (C=O) groups is 1. The number of ether oxygens (including phenoxy) is 1. The highest BCUT2D eigenvalue weighted by Crippen LogP contribution is 2.20. The maximum absolute atomic E-state index is 12.1. The minimum absolute atomic E-state index is 0.0376. The lowest BCUT2D eigenvalue weighted by Crippen LogP contribution is -2.31. The molecule has 0 aliphatic carbocycles. The first-order valence-electron chi connectivity index (χ1n) is 6.70. The Hall–Kier alpha value is -2.00. The molecule has 0 saturated heterocycles. The molecule has 0 saturated carbocycles. The average molecular weight is 304 g/mol. The van der Waals surface area contributed by atoms with Crippen LogP contribution in [0, 0.1) is 6.92 Å². The smallest absolute Gasteiger partial charge is 0.242 e. The van der Waals surface area contributed by atoms with E-state index in [9.17, 15) is 4.79 Å². The number of halogens is 1. The summed E-state index contributed by atoms with van der Waals surface area (Å²) in [6.45, 7) is 2.49. The van der Waals surface area contributed by atoms with Crippen LogP contribution < -0.4 is 9.64 Å². The summed E-state index contributed by atoms with van der Waals surface area (Å²) in [4.78, 5) is 13.8. The van der Waals surface area contributed by atoms with Crippen molar-refractivity contribution < 1.29 is 9.53 Å². The summed E-state index contributed by atoms with van der Waals surface area (Å²) in [5, 5.41) is 0. The molecule has 4 heteroatoms. The fourth-order valence-electron chi connectivity index (χ4n) is 2.10. The lowest BCUT2D eigenvalue weighted by Gasteiger charge is -2.22. The molecule has 0 N–H and O–H groups in total. The minimum Gasteiger partial charge on any atom is -0.497 e. The van der Waals surface area contributed by atoms with Gasteiger partial charge in [0.15, 0.2) is 0 Å². The monoisotopic (exact) mass is 303 g/mol. The Labute approximate surface area is 130 Å². The molecule has 0 unspecified atom stereocenters. The number of benzene rings is 2. The van der Waals surface area contributed by atoms with Crippen LogP contribution in [-0.4, -0.2) is 18.9 Å². The summed E-state index contributed by atoms with van der Waals surface area (Å²) in [6, 6.07) is 15.5. The number of hydrogen-bond acceptors (Lipinski definition) is 2. The van der Waals surface area contributed by atoms with Gasteiger partial charge in [0.1, 0.15) is 11.6 Å². The van der Waals surface area contributed by atoms with E-state index in [1.807, 2.05) is 55.5 Å². The highest BCUT2D eigenvalue weighted by atomic mass is 35.5. The van der Waals surface area contributed by atoms with Crippen LogP contribution in [0.15, 0.2) is 48.5 Å². The summed E-state index contributed by atoms with van der Waals surface area (Å²) >= 11 is 5.74. The van der Waals surface area contributed by atoms with Gasteiger partial charge in [0.2, 0.25) is 5.91 Å². The van der Waals surface area contributed by atoms with Crippen LogP contribution in [0.4, 0.5) is 5.69 Å². The van der Waals surface area contributed by atoms with Gasteiger partial charge in [0, 0.05) is 5.69 Å². The van der Waals surface area contributed by atoms with E-state index in [1.54, 1.807) is 12.0 Å². The van der Waals surface area contributed by atoms with Crippen molar-refractivity contribution in [3.8, 4) is 5.75 Å². The molecule has 0 aliphatic heterocycles. The molecule has 0 aromatic heterocycles. The van der Waals surface area contributed by atoms with E-state index in [0.29, 0.717) is 6.54 Å². The second-order valence-corrected chi connectivity index (χ2v) is 5.07. The summed E-state index contributed by atoms with van der Waals surface area (Å²) < 4.78 is 5.14. The lowest BCUT2D eigenvalue weighted by molar-refractivity contribution is -0.116. The van der Waals surface area contributed by atoms with E-state index in [-0.39, 0.29) is 11.8 Å². The van der Waals surface area contributed by atoms with Crippen LogP contribution in [0.3, 0.4) is 0 Å². The van der Waals surface area contributed by atoms with Crippen molar-refractivity contribution in [2.75, 3.05) is 17.9 Å². The second kappa shape index (κ2) is 7.14. The van der Waals surface area contributed by atoms with Gasteiger partial charge in [-0.05, 0) is 42.3 Å². The number of anilines is 1. The Bertz CT molecular complexity index is 610. The first-order valence-corrected chi connectivity index (χ1v) is 7.23. The third kappa shape index (κ3) is 3.99. The molecule has 0 bridgehead atoms. The van der Waals surface area contributed by atoms with Gasteiger partial charge in [-0.25, -0.2) is 0 Å². The van der Waals surface area contributed by atoms with E-state index in [4.69, 9.17) is 16.3 Å². The van der Waals surface area contributed by atoms with Gasteiger partial charge in [-0.1, -0.05) is 24.3 Å². The Morgan fingerprint density at radius 2 is 1.90 bits per heavy atom. The molecule has 2 aromatic carbocycles. The number of methoxy groups -OCH3 is 1. The highest BCUT2D eigenvalue weighted by molar-refractivity contribution is 6.29. The number of aryl methyl sites for hydroxylation is 1. The summed E-state index contributed by atoms with van der Waals surface area (Å²) in [5.74, 6) is 0.645. The van der Waals surface area contributed by atoms with Gasteiger partial charge in [-0.3, -0.25) is 4.79 Å². The minimum atomic E-state index is -0.113. The van der Waals surface area contributed by atoms with Gasteiger partial charge in [0.05, 0.1) is 13.7 Å². The van der Waals surface area contributed by atoms with Crippen molar-refractivity contribution in [3.05, 3.63) is 59.7 Å². The molecule has 0 atom stereocenters. The van der Waals surface area contributed by atoms with Crippen LogP contribution in [-0.2, 0) is 11.3 Å². The predicted octanol–water partition coefficient (Wildman–Crippen LogP) is 3.78. The third-order valence-electron chi connectivity index (χ3n) is 3.23. The topological polar surface area (TPSA) is 29.5 Å². The quantitative estimate of drug-likeness (QED) is 0.787. The van der Waals surface area contributed by atoms with Gasteiger partial charge in [-0.15, -0.1) is 11.6 Å². The molecule has 0 heterocycles. The molecular weight excluding hydrogens is 286 g/mol. The Morgan fingerprint density at radius 1 is 1.19 bits per heavy atom. The zero-order chi connectivity index (χ0) is 15.2. The van der Waals surface area contributed by atoms with Gasteiger partial charge in [-0.2, -0.15) is 0 Å². The fraction of sp³-hybridized carbons (Fsp3) is 0.235. The van der Waals surface area contributed by atoms with E-state index in [1.165, 1.54) is 0 Å². The second-order valence-electron chi connectivity index (χ2n) is 4.80. The van der Waals surface area contributed by atoms with Crippen LogP contribution in [0.25, 0.3) is 0 Å². The molecule has 0 fully saturated rings. The van der Waals surface area contributed by atoms with Crippen molar-refractivity contribution >= 4 is 23.2 Å². The normalized spacial score (nSPS) is 10.2. The van der Waals surface area contributed by atoms with Crippen molar-refractivity contribution in [1.82, 2.24) is 0 Å². The van der Waals surface area contributed by atoms with E-state index in [2.05, 4.69) is 0 Å². The molecule has 0 spiro atoms. The summed E-state index contributed by atoms with van der Waals surface area (Å²) in [6.07, 6.45) is 0. The summed E-state index contributed by atoms with van der Waals surface area (Å²) in [5.41, 5.74) is 2.99. The van der Waals surface area contributed by atoms with Crippen LogP contribution in [0.1, 0.15) is 11.1 Å². The van der Waals surface area contributed by atoms with Gasteiger partial charge in [0.25, 0.3) is 0 Å². The standard InChI is InChI=1S/C17H18ClNO2/c1-13-4-3-5-15(10-13)19(17(20)11-18)12-14-6-8-16(21-2)9-7-14/h3-10H,11-12H2,1-2H3. The van der Waals surface area contributed by atoms with Crippen molar-refractivity contribution in [2.24, 2.45) is 0 Å². The molecule has 2 rings (SSSR count). The highest BCUT2D eigenvalue weighted by Gasteiger charge is 2.15. The maximum atomic E-state index is 12.1. The van der Waals surface area contributed by atoms with E-state index < -0.39 is 0 Å². The van der Waals surface area contributed by atoms with Gasteiger partial charge >= 0.3 is 0 Å². The van der Waals surface area contributed by atoms with Gasteiger partial charge < -0.3 is 9.64 Å². The number of hydrogen-bond donors (Lipinski definition) is 0. The molecule has 3 nitrogen and oxygen atoms in total. The van der Waals surface area contributed by atoms with Crippen molar-refractivity contribution in [1.29, 1.82) is 0 Å². The number of alkyl halides is 1.